The Kier molecular flexibility index (Phi) is 6.91. The van der Waals surface area contributed by atoms with Crippen molar-refractivity contribution in [3.8, 4) is 0 Å². The molecule has 0 radical (unpaired) electrons. The average Bonchev–Trinajstić information content (AvgIpc) is 1.88. The number of hydrogen-bond acceptors (Lipinski definition) is 6. The summed E-state index contributed by atoms with van der Waals surface area (Å²) < 4.78 is 0. The van der Waals surface area contributed by atoms with Gasteiger partial charge in [-0.15, -0.1) is 0 Å². The second-order valence-corrected chi connectivity index (χ2v) is 1.84. The number of carboxylic acid groups (broad SMARTS) is 2. The predicted octanol–water partition coefficient (Wildman–Crippen LogP) is -3.56. The zero-order valence-corrected chi connectivity index (χ0v) is 6.57. The van der Waals surface area contributed by atoms with Crippen LogP contribution in [0.4, 0.5) is 0 Å². The van der Waals surface area contributed by atoms with Crippen LogP contribution < -0.4 is 10.2 Å². The third-order valence-corrected chi connectivity index (χ3v) is 0.629. The molecule has 0 aromatic carbocycles. The van der Waals surface area contributed by atoms with Crippen LogP contribution in [0.1, 0.15) is 13.8 Å². The van der Waals surface area contributed by atoms with Gasteiger partial charge >= 0.3 is 0 Å². The smallest absolute Gasteiger partial charge is 0.175 e. The molecular formula is C6H8O6-2. The van der Waals surface area contributed by atoms with E-state index in [-0.39, 0.29) is 0 Å². The van der Waals surface area contributed by atoms with Crippen LogP contribution in [-0.4, -0.2) is 28.9 Å². The molecule has 0 fully saturated rings. The molecule has 0 aliphatic rings. The number of rotatable bonds is 2. The van der Waals surface area contributed by atoms with E-state index in [2.05, 4.69) is 0 Å². The second kappa shape index (κ2) is 6.29. The summed E-state index contributed by atoms with van der Waals surface area (Å²) in [6.07, 6.45) is -1.34. The number of carbonyl (C=O) groups is 3. The van der Waals surface area contributed by atoms with Crippen LogP contribution in [0.25, 0.3) is 0 Å². The Morgan fingerprint density at radius 2 is 1.42 bits per heavy atom. The van der Waals surface area contributed by atoms with E-state index in [1.54, 1.807) is 0 Å². The predicted molar refractivity (Wildman–Crippen MR) is 32.4 cm³/mol. The van der Waals surface area contributed by atoms with E-state index in [9.17, 15) is 24.6 Å². The zero-order valence-electron chi connectivity index (χ0n) is 6.57. The monoisotopic (exact) mass is 176 g/mol. The van der Waals surface area contributed by atoms with Crippen LogP contribution in [0, 0.1) is 0 Å². The molecule has 0 saturated heterocycles. The lowest BCUT2D eigenvalue weighted by molar-refractivity contribution is -0.314. The summed E-state index contributed by atoms with van der Waals surface area (Å²) in [5.41, 5.74) is 0. The lowest BCUT2D eigenvalue weighted by Gasteiger charge is -2.00. The quantitative estimate of drug-likeness (QED) is 0.435. The molecule has 0 heterocycles. The Morgan fingerprint density at radius 1 is 1.25 bits per heavy atom. The first kappa shape index (κ1) is 13.2. The number of aliphatic hydroxyl groups is 1. The van der Waals surface area contributed by atoms with Gasteiger partial charge in [-0.1, -0.05) is 0 Å². The van der Waals surface area contributed by atoms with Gasteiger partial charge in [0, 0.05) is 6.92 Å². The van der Waals surface area contributed by atoms with Gasteiger partial charge in [0.15, 0.2) is 5.78 Å². The van der Waals surface area contributed by atoms with E-state index >= 15 is 0 Å². The van der Waals surface area contributed by atoms with E-state index in [0.29, 0.717) is 0 Å². The number of hydrogen-bond donors (Lipinski definition) is 1. The third-order valence-electron chi connectivity index (χ3n) is 0.629. The minimum absolute atomic E-state index is 0.935. The van der Waals surface area contributed by atoms with Crippen molar-refractivity contribution in [2.45, 2.75) is 20.0 Å². The number of ketones is 1. The first-order chi connectivity index (χ1) is 5.29. The molecule has 0 rings (SSSR count). The maximum Gasteiger partial charge on any atom is 0.175 e. The minimum atomic E-state index is -1.63. The molecule has 0 aromatic rings. The van der Waals surface area contributed by atoms with Crippen LogP contribution in [0.3, 0.4) is 0 Å². The molecule has 12 heavy (non-hydrogen) atoms. The molecule has 0 aliphatic heterocycles. The molecule has 0 bridgehead atoms. The van der Waals surface area contributed by atoms with Crippen molar-refractivity contribution >= 4 is 17.7 Å². The zero-order chi connectivity index (χ0) is 10.3. The van der Waals surface area contributed by atoms with E-state index in [1.807, 2.05) is 0 Å². The van der Waals surface area contributed by atoms with E-state index in [4.69, 9.17) is 5.11 Å². The highest BCUT2D eigenvalue weighted by atomic mass is 16.4. The van der Waals surface area contributed by atoms with Crippen LogP contribution in [0.2, 0.25) is 0 Å². The summed E-state index contributed by atoms with van der Waals surface area (Å²) in [7, 11) is 0. The summed E-state index contributed by atoms with van der Waals surface area (Å²) in [5, 5.41) is 26.5. The van der Waals surface area contributed by atoms with Gasteiger partial charge in [-0.3, -0.25) is 4.79 Å². The summed E-state index contributed by atoms with van der Waals surface area (Å²) in [6.45, 7) is 2.07. The van der Waals surface area contributed by atoms with Gasteiger partial charge in [-0.25, -0.2) is 0 Å². The first-order valence-corrected chi connectivity index (χ1v) is 2.89. The number of carbonyl (C=O) groups excluding carboxylic acids is 3. The molecule has 0 saturated carbocycles. The highest BCUT2D eigenvalue weighted by Gasteiger charge is 1.89. The van der Waals surface area contributed by atoms with Crippen molar-refractivity contribution in [2.75, 3.05) is 0 Å². The Morgan fingerprint density at radius 3 is 1.42 bits per heavy atom. The average molecular weight is 176 g/mol. The minimum Gasteiger partial charge on any atom is -0.547 e. The van der Waals surface area contributed by atoms with E-state index in [0.717, 1.165) is 13.8 Å². The standard InChI is InChI=1S/C3H6O3.C3H4O3/c2*1-2(4)3(5)6/h2,4H,1H3,(H,5,6);1H3,(H,5,6)/p-2. The molecule has 1 atom stereocenters. The molecule has 0 amide bonds. The van der Waals surface area contributed by atoms with Gasteiger partial charge < -0.3 is 24.9 Å². The lowest BCUT2D eigenvalue weighted by atomic mass is 10.4. The SMILES string of the molecule is CC(=O)C(=O)[O-].CC(O)C(=O)[O-]. The van der Waals surface area contributed by atoms with Gasteiger partial charge in [0.25, 0.3) is 0 Å². The summed E-state index contributed by atoms with van der Waals surface area (Å²) in [5.74, 6) is -4.00. The van der Waals surface area contributed by atoms with Crippen LogP contribution in [-0.2, 0) is 14.4 Å². The highest BCUT2D eigenvalue weighted by Crippen LogP contribution is 1.69. The Bertz CT molecular complexity index is 170. The largest absolute Gasteiger partial charge is 0.547 e. The van der Waals surface area contributed by atoms with E-state index < -0.39 is 23.8 Å². The van der Waals surface area contributed by atoms with Crippen LogP contribution in [0.15, 0.2) is 0 Å². The van der Waals surface area contributed by atoms with Crippen LogP contribution >= 0.6 is 0 Å². The molecule has 6 heteroatoms. The number of aliphatic carboxylic acids is 2. The molecule has 6 nitrogen and oxygen atoms in total. The normalized spacial score (nSPS) is 10.6. The number of Topliss-reactive ketones (excluding diaryl/α,β-unsaturated/α-hetero) is 1. The fourth-order valence-corrected chi connectivity index (χ4v) is 0. The molecule has 1 N–H and O–H groups in total. The lowest BCUT2D eigenvalue weighted by Crippen LogP contribution is -2.32. The van der Waals surface area contributed by atoms with Gasteiger partial charge in [0.2, 0.25) is 0 Å². The van der Waals surface area contributed by atoms with Gasteiger partial charge in [-0.05, 0) is 6.92 Å². The van der Waals surface area contributed by atoms with Gasteiger partial charge in [0.05, 0.1) is 12.1 Å². The second-order valence-electron chi connectivity index (χ2n) is 1.84. The summed E-state index contributed by atoms with van der Waals surface area (Å²) in [4.78, 5) is 28.1. The first-order valence-electron chi connectivity index (χ1n) is 2.89. The Balaban J connectivity index is 0. The number of aliphatic hydroxyl groups excluding tert-OH is 1. The molecule has 0 spiro atoms. The molecule has 70 valence electrons. The van der Waals surface area contributed by atoms with Crippen molar-refractivity contribution in [2.24, 2.45) is 0 Å². The van der Waals surface area contributed by atoms with E-state index in [1.165, 1.54) is 0 Å². The van der Waals surface area contributed by atoms with Crippen molar-refractivity contribution < 1.29 is 29.7 Å². The molecule has 1 unspecified atom stereocenters. The van der Waals surface area contributed by atoms with Gasteiger partial charge in [0.1, 0.15) is 5.97 Å². The highest BCUT2D eigenvalue weighted by molar-refractivity contribution is 6.30. The van der Waals surface area contributed by atoms with Crippen molar-refractivity contribution in [1.29, 1.82) is 0 Å². The Labute approximate surface area is 68.4 Å². The maximum absolute atomic E-state index is 9.48. The van der Waals surface area contributed by atoms with Crippen LogP contribution in [0.5, 0.6) is 0 Å². The van der Waals surface area contributed by atoms with Crippen molar-refractivity contribution in [3.05, 3.63) is 0 Å². The van der Waals surface area contributed by atoms with Crippen molar-refractivity contribution in [3.63, 3.8) is 0 Å². The molecule has 0 aromatic heterocycles. The fraction of sp³-hybridized carbons (Fsp3) is 0.500. The Hall–Kier alpha value is -1.43. The van der Waals surface area contributed by atoms with Gasteiger partial charge in [-0.2, -0.15) is 0 Å². The molecule has 0 aliphatic carbocycles. The van der Waals surface area contributed by atoms with Crippen molar-refractivity contribution in [1.82, 2.24) is 0 Å². The summed E-state index contributed by atoms with van der Waals surface area (Å²) >= 11 is 0. The maximum atomic E-state index is 9.48. The fourth-order valence-electron chi connectivity index (χ4n) is 0. The molecular weight excluding hydrogens is 168 g/mol. The number of carboxylic acids is 2. The topological polar surface area (TPSA) is 118 Å². The summed E-state index contributed by atoms with van der Waals surface area (Å²) in [6, 6.07) is 0. The third kappa shape index (κ3) is 11.4.